The zero-order valence-electron chi connectivity index (χ0n) is 13.0. The Labute approximate surface area is 126 Å². The van der Waals surface area contributed by atoms with Crippen molar-refractivity contribution in [1.82, 2.24) is 0 Å². The summed E-state index contributed by atoms with van der Waals surface area (Å²) in [6, 6.07) is 13.7. The molecule has 0 spiro atoms. The summed E-state index contributed by atoms with van der Waals surface area (Å²) < 4.78 is 10.8. The van der Waals surface area contributed by atoms with Crippen LogP contribution in [-0.2, 0) is 0 Å². The molecule has 0 aromatic heterocycles. The number of hydrogen-bond donors (Lipinski definition) is 1. The molecule has 1 atom stereocenters. The zero-order chi connectivity index (χ0) is 15.4. The Morgan fingerprint density at radius 1 is 0.952 bits per heavy atom. The average Bonchev–Trinajstić information content (AvgIpc) is 2.53. The predicted octanol–water partition coefficient (Wildman–Crippen LogP) is 2.82. The summed E-state index contributed by atoms with van der Waals surface area (Å²) in [5.41, 5.74) is 9.48. The van der Waals surface area contributed by atoms with Crippen molar-refractivity contribution < 1.29 is 9.47 Å². The van der Waals surface area contributed by atoms with Crippen LogP contribution in [0.25, 0.3) is 0 Å². The molecule has 0 amide bonds. The fourth-order valence-electron chi connectivity index (χ4n) is 2.32. The molecule has 21 heavy (non-hydrogen) atoms. The number of anilines is 1. The number of nitrogens with two attached hydrogens (primary N) is 1. The summed E-state index contributed by atoms with van der Waals surface area (Å²) in [4.78, 5) is 2.06. The van der Waals surface area contributed by atoms with Crippen LogP contribution in [0.2, 0.25) is 0 Å². The SMILES string of the molecule is COc1cccc(C(N)c2ccc(N(C)C)cc2)c1OC. The maximum absolute atomic E-state index is 6.39. The summed E-state index contributed by atoms with van der Waals surface area (Å²) in [6.45, 7) is 0. The molecular weight excluding hydrogens is 264 g/mol. The predicted molar refractivity (Wildman–Crippen MR) is 86.3 cm³/mol. The van der Waals surface area contributed by atoms with E-state index in [-0.39, 0.29) is 6.04 Å². The second-order valence-electron chi connectivity index (χ2n) is 5.05. The van der Waals surface area contributed by atoms with Gasteiger partial charge in [0, 0.05) is 25.3 Å². The van der Waals surface area contributed by atoms with Gasteiger partial charge in [0.15, 0.2) is 11.5 Å². The topological polar surface area (TPSA) is 47.7 Å². The van der Waals surface area contributed by atoms with E-state index in [1.807, 2.05) is 44.4 Å². The number of benzene rings is 2. The normalized spacial score (nSPS) is 11.9. The summed E-state index contributed by atoms with van der Waals surface area (Å²) >= 11 is 0. The fraction of sp³-hybridized carbons (Fsp3) is 0.294. The number of nitrogens with zero attached hydrogens (tertiary/aromatic N) is 1. The number of hydrogen-bond acceptors (Lipinski definition) is 4. The van der Waals surface area contributed by atoms with Crippen molar-refractivity contribution >= 4 is 5.69 Å². The van der Waals surface area contributed by atoms with Crippen molar-refractivity contribution in [2.45, 2.75) is 6.04 Å². The number of rotatable bonds is 5. The Morgan fingerprint density at radius 2 is 1.62 bits per heavy atom. The molecule has 0 fully saturated rings. The third kappa shape index (κ3) is 3.11. The Morgan fingerprint density at radius 3 is 2.14 bits per heavy atom. The highest BCUT2D eigenvalue weighted by Gasteiger charge is 2.17. The van der Waals surface area contributed by atoms with Gasteiger partial charge < -0.3 is 20.1 Å². The minimum Gasteiger partial charge on any atom is -0.493 e. The Balaban J connectivity index is 2.37. The molecule has 0 aliphatic rings. The van der Waals surface area contributed by atoms with Crippen LogP contribution in [0.1, 0.15) is 17.2 Å². The van der Waals surface area contributed by atoms with Crippen molar-refractivity contribution in [3.8, 4) is 11.5 Å². The molecule has 112 valence electrons. The molecule has 2 aromatic carbocycles. The third-order valence-electron chi connectivity index (χ3n) is 3.54. The van der Waals surface area contributed by atoms with Crippen molar-refractivity contribution in [1.29, 1.82) is 0 Å². The van der Waals surface area contributed by atoms with Gasteiger partial charge in [0.25, 0.3) is 0 Å². The van der Waals surface area contributed by atoms with Gasteiger partial charge >= 0.3 is 0 Å². The van der Waals surface area contributed by atoms with Crippen LogP contribution < -0.4 is 20.1 Å². The van der Waals surface area contributed by atoms with Crippen molar-refractivity contribution in [3.05, 3.63) is 53.6 Å². The van der Waals surface area contributed by atoms with E-state index in [2.05, 4.69) is 17.0 Å². The van der Waals surface area contributed by atoms with Crippen LogP contribution in [0.4, 0.5) is 5.69 Å². The Hall–Kier alpha value is -2.20. The van der Waals surface area contributed by atoms with Crippen LogP contribution in [-0.4, -0.2) is 28.3 Å². The first-order chi connectivity index (χ1) is 10.1. The molecule has 4 heteroatoms. The van der Waals surface area contributed by atoms with Crippen LogP contribution in [0.3, 0.4) is 0 Å². The lowest BCUT2D eigenvalue weighted by molar-refractivity contribution is 0.350. The summed E-state index contributed by atoms with van der Waals surface area (Å²) in [5, 5.41) is 0. The minimum absolute atomic E-state index is 0.258. The van der Waals surface area contributed by atoms with Crippen LogP contribution >= 0.6 is 0 Å². The van der Waals surface area contributed by atoms with Crippen molar-refractivity contribution in [2.75, 3.05) is 33.2 Å². The summed E-state index contributed by atoms with van der Waals surface area (Å²) in [5.74, 6) is 1.37. The monoisotopic (exact) mass is 286 g/mol. The van der Waals surface area contributed by atoms with E-state index in [4.69, 9.17) is 15.2 Å². The maximum atomic E-state index is 6.39. The first-order valence-electron chi connectivity index (χ1n) is 6.82. The zero-order valence-corrected chi connectivity index (χ0v) is 13.0. The molecule has 0 heterocycles. The highest BCUT2D eigenvalue weighted by Crippen LogP contribution is 2.36. The van der Waals surface area contributed by atoms with Gasteiger partial charge in [-0.3, -0.25) is 0 Å². The van der Waals surface area contributed by atoms with Gasteiger partial charge in [0.2, 0.25) is 0 Å². The highest BCUT2D eigenvalue weighted by atomic mass is 16.5. The molecule has 2 rings (SSSR count). The molecule has 4 nitrogen and oxygen atoms in total. The number of methoxy groups -OCH3 is 2. The van der Waals surface area contributed by atoms with Crippen LogP contribution in [0, 0.1) is 0 Å². The van der Waals surface area contributed by atoms with Crippen molar-refractivity contribution in [3.63, 3.8) is 0 Å². The molecule has 0 bridgehead atoms. The highest BCUT2D eigenvalue weighted by molar-refractivity contribution is 5.52. The van der Waals surface area contributed by atoms with Gasteiger partial charge in [-0.25, -0.2) is 0 Å². The van der Waals surface area contributed by atoms with Gasteiger partial charge in [-0.15, -0.1) is 0 Å². The molecule has 0 radical (unpaired) electrons. The van der Waals surface area contributed by atoms with Gasteiger partial charge in [-0.05, 0) is 23.8 Å². The number of ether oxygens (including phenoxy) is 2. The molecule has 0 saturated heterocycles. The standard InChI is InChI=1S/C17H22N2O2/c1-19(2)13-10-8-12(9-11-13)16(18)14-6-5-7-15(20-3)17(14)21-4/h5-11,16H,18H2,1-4H3. The van der Waals surface area contributed by atoms with Crippen LogP contribution in [0.15, 0.2) is 42.5 Å². The quantitative estimate of drug-likeness (QED) is 0.918. The lowest BCUT2D eigenvalue weighted by Gasteiger charge is -2.19. The van der Waals surface area contributed by atoms with Crippen LogP contribution in [0.5, 0.6) is 11.5 Å². The first-order valence-corrected chi connectivity index (χ1v) is 6.82. The smallest absolute Gasteiger partial charge is 0.165 e. The maximum Gasteiger partial charge on any atom is 0.165 e. The molecule has 2 aromatic rings. The lowest BCUT2D eigenvalue weighted by Crippen LogP contribution is -2.14. The second kappa shape index (κ2) is 6.50. The molecule has 2 N–H and O–H groups in total. The molecule has 0 saturated carbocycles. The Bertz CT molecular complexity index is 594. The first kappa shape index (κ1) is 15.2. The van der Waals surface area contributed by atoms with E-state index in [1.54, 1.807) is 14.2 Å². The molecule has 0 aliphatic carbocycles. The van der Waals surface area contributed by atoms with E-state index < -0.39 is 0 Å². The van der Waals surface area contributed by atoms with E-state index in [1.165, 1.54) is 0 Å². The second-order valence-corrected chi connectivity index (χ2v) is 5.05. The van der Waals surface area contributed by atoms with Gasteiger partial charge in [-0.1, -0.05) is 24.3 Å². The Kier molecular flexibility index (Phi) is 4.70. The van der Waals surface area contributed by atoms with E-state index in [0.29, 0.717) is 11.5 Å². The van der Waals surface area contributed by atoms with E-state index >= 15 is 0 Å². The minimum atomic E-state index is -0.258. The third-order valence-corrected chi connectivity index (χ3v) is 3.54. The number of para-hydroxylation sites is 1. The molecular formula is C17H22N2O2. The fourth-order valence-corrected chi connectivity index (χ4v) is 2.32. The average molecular weight is 286 g/mol. The van der Waals surface area contributed by atoms with Crippen molar-refractivity contribution in [2.24, 2.45) is 5.73 Å². The lowest BCUT2D eigenvalue weighted by atomic mass is 9.98. The van der Waals surface area contributed by atoms with E-state index in [0.717, 1.165) is 16.8 Å². The summed E-state index contributed by atoms with van der Waals surface area (Å²) in [7, 11) is 7.28. The van der Waals surface area contributed by atoms with Gasteiger partial charge in [-0.2, -0.15) is 0 Å². The van der Waals surface area contributed by atoms with Gasteiger partial charge in [0.05, 0.1) is 20.3 Å². The molecule has 0 aliphatic heterocycles. The molecule has 1 unspecified atom stereocenters. The largest absolute Gasteiger partial charge is 0.493 e. The van der Waals surface area contributed by atoms with E-state index in [9.17, 15) is 0 Å². The summed E-state index contributed by atoms with van der Waals surface area (Å²) in [6.07, 6.45) is 0. The van der Waals surface area contributed by atoms with Gasteiger partial charge in [0.1, 0.15) is 0 Å².